The molecule has 8 aromatic rings. The van der Waals surface area contributed by atoms with Crippen molar-refractivity contribution in [3.8, 4) is 28.6 Å². The summed E-state index contributed by atoms with van der Waals surface area (Å²) < 4.78 is 218. The molecule has 0 unspecified atom stereocenters. The average Bonchev–Trinajstić information content (AvgIpc) is 3.67. The fourth-order valence-corrected chi connectivity index (χ4v) is 7.43. The third kappa shape index (κ3) is 6.71. The number of aromatic nitrogens is 2. The largest absolute Gasteiger partial charge is 0.416 e. The van der Waals surface area contributed by atoms with E-state index in [0.29, 0.717) is 69.8 Å². The van der Waals surface area contributed by atoms with Gasteiger partial charge in [-0.2, -0.15) is 71.1 Å². The van der Waals surface area contributed by atoms with Gasteiger partial charge in [-0.05, 0) is 78.4 Å². The fourth-order valence-electron chi connectivity index (χ4n) is 7.43. The van der Waals surface area contributed by atoms with Crippen LogP contribution >= 0.6 is 0 Å². The Morgan fingerprint density at radius 3 is 0.967 bits per heavy atom. The van der Waals surface area contributed by atoms with Crippen molar-refractivity contribution in [1.82, 2.24) is 9.13 Å². The number of fused-ring (bicyclic) bond motifs is 6. The van der Waals surface area contributed by atoms with Crippen LogP contribution in [0.3, 0.4) is 0 Å². The summed E-state index contributed by atoms with van der Waals surface area (Å²) in [5.74, 6) is 0. The van der Waals surface area contributed by atoms with E-state index in [4.69, 9.17) is 0 Å². The highest BCUT2D eigenvalue weighted by Gasteiger charge is 2.38. The normalized spacial score (nSPS) is 13.2. The summed E-state index contributed by atoms with van der Waals surface area (Å²) >= 11 is 0. The molecule has 0 radical (unpaired) electrons. The molecule has 6 aromatic carbocycles. The molecule has 18 heteroatoms. The summed E-state index contributed by atoms with van der Waals surface area (Å²) in [5.41, 5.74) is -11.9. The number of hydrogen-bond donors (Lipinski definition) is 0. The van der Waals surface area contributed by atoms with Crippen molar-refractivity contribution in [2.45, 2.75) is 30.9 Å². The minimum atomic E-state index is -5.41. The summed E-state index contributed by atoms with van der Waals surface area (Å²) in [6.07, 6.45) is -25.8. The molecule has 0 bridgehead atoms. The van der Waals surface area contributed by atoms with Gasteiger partial charge in [-0.15, -0.1) is 0 Å². The Morgan fingerprint density at radius 1 is 0.367 bits per heavy atom. The zero-order valence-corrected chi connectivity index (χ0v) is 29.4. The molecule has 0 N–H and O–H groups in total. The minimum absolute atomic E-state index is 0.163. The minimum Gasteiger partial charge on any atom is -0.308 e. The molecule has 60 heavy (non-hydrogen) atoms. The number of nitrogens with zero attached hydrogens (tertiary/aromatic N) is 3. The van der Waals surface area contributed by atoms with Crippen LogP contribution < -0.4 is 0 Å². The van der Waals surface area contributed by atoms with Crippen LogP contribution in [0, 0.1) is 11.3 Å². The molecule has 306 valence electrons. The molecule has 0 fully saturated rings. The lowest BCUT2D eigenvalue weighted by Gasteiger charge is -2.23. The van der Waals surface area contributed by atoms with Crippen molar-refractivity contribution in [1.29, 1.82) is 5.26 Å². The summed E-state index contributed by atoms with van der Waals surface area (Å²) in [4.78, 5) is 0. The maximum Gasteiger partial charge on any atom is 0.416 e. The predicted octanol–water partition coefficient (Wildman–Crippen LogP) is 14.5. The molecule has 0 aliphatic rings. The zero-order chi connectivity index (χ0) is 43.5. The number of hydrogen-bond acceptors (Lipinski definition) is 1. The Labute approximate surface area is 325 Å². The van der Waals surface area contributed by atoms with Crippen LogP contribution in [0.4, 0.5) is 65.9 Å². The number of rotatable bonds is 3. The lowest BCUT2D eigenvalue weighted by Crippen LogP contribution is -2.12. The summed E-state index contributed by atoms with van der Waals surface area (Å²) in [7, 11) is 0. The van der Waals surface area contributed by atoms with Gasteiger partial charge in [0.15, 0.2) is 0 Å². The van der Waals surface area contributed by atoms with Crippen molar-refractivity contribution < 1.29 is 65.9 Å². The van der Waals surface area contributed by atoms with E-state index < -0.39 is 97.7 Å². The first-order chi connectivity index (χ1) is 27.9. The highest BCUT2D eigenvalue weighted by Crippen LogP contribution is 2.48. The predicted molar refractivity (Wildman–Crippen MR) is 190 cm³/mol. The van der Waals surface area contributed by atoms with Crippen LogP contribution in [0.1, 0.15) is 33.4 Å². The van der Waals surface area contributed by atoms with Gasteiger partial charge < -0.3 is 9.13 Å². The van der Waals surface area contributed by atoms with E-state index in [0.717, 1.165) is 30.3 Å². The van der Waals surface area contributed by atoms with E-state index in [1.54, 1.807) is 6.07 Å². The molecule has 0 saturated carbocycles. The second-order valence-electron chi connectivity index (χ2n) is 13.7. The summed E-state index contributed by atoms with van der Waals surface area (Å²) in [6, 6.07) is 15.3. The van der Waals surface area contributed by atoms with Gasteiger partial charge in [-0.1, -0.05) is 36.4 Å². The number of benzene rings is 6. The average molecular weight is 850 g/mol. The van der Waals surface area contributed by atoms with Crippen molar-refractivity contribution >= 4 is 43.6 Å². The molecule has 2 aromatic heterocycles. The molecule has 0 spiro atoms. The van der Waals surface area contributed by atoms with Gasteiger partial charge in [0.05, 0.1) is 72.9 Å². The van der Waals surface area contributed by atoms with Crippen molar-refractivity contribution in [2.75, 3.05) is 0 Å². The Hall–Kier alpha value is -6.64. The van der Waals surface area contributed by atoms with Gasteiger partial charge in [-0.25, -0.2) is 0 Å². The van der Waals surface area contributed by atoms with Gasteiger partial charge in [0, 0.05) is 27.1 Å². The molecular formula is C42H18F15N3. The van der Waals surface area contributed by atoms with Crippen LogP contribution in [0.25, 0.3) is 66.1 Å². The monoisotopic (exact) mass is 849 g/mol. The van der Waals surface area contributed by atoms with E-state index in [1.807, 2.05) is 0 Å². The Bertz CT molecular complexity index is 2780. The van der Waals surface area contributed by atoms with Crippen molar-refractivity contribution in [3.05, 3.63) is 143 Å². The highest BCUT2D eigenvalue weighted by molar-refractivity contribution is 6.12. The first-order valence-corrected chi connectivity index (χ1v) is 17.1. The zero-order valence-electron chi connectivity index (χ0n) is 29.4. The van der Waals surface area contributed by atoms with Crippen LogP contribution in [0.5, 0.6) is 0 Å². The molecular weight excluding hydrogens is 831 g/mol. The van der Waals surface area contributed by atoms with Crippen molar-refractivity contribution in [2.24, 2.45) is 0 Å². The second-order valence-corrected chi connectivity index (χ2v) is 13.7. The maximum absolute atomic E-state index is 15.2. The molecule has 2 heterocycles. The van der Waals surface area contributed by atoms with Gasteiger partial charge in [-0.3, -0.25) is 0 Å². The van der Waals surface area contributed by atoms with Crippen LogP contribution in [0.2, 0.25) is 0 Å². The smallest absolute Gasteiger partial charge is 0.308 e. The fraction of sp³-hybridized carbons (Fsp3) is 0.119. The lowest BCUT2D eigenvalue weighted by atomic mass is 9.96. The molecule has 0 aliphatic heterocycles. The first kappa shape index (κ1) is 40.2. The van der Waals surface area contributed by atoms with E-state index in [9.17, 15) is 57.9 Å². The van der Waals surface area contributed by atoms with E-state index in [2.05, 4.69) is 0 Å². The summed E-state index contributed by atoms with van der Waals surface area (Å²) in [5, 5.41) is 9.17. The first-order valence-electron chi connectivity index (χ1n) is 17.1. The van der Waals surface area contributed by atoms with Gasteiger partial charge in [0.25, 0.3) is 0 Å². The molecule has 8 rings (SSSR count). The number of nitriles is 1. The number of halogens is 15. The lowest BCUT2D eigenvalue weighted by molar-refractivity contribution is -0.138. The second kappa shape index (κ2) is 13.2. The topological polar surface area (TPSA) is 33.6 Å². The van der Waals surface area contributed by atoms with E-state index >= 15 is 13.2 Å². The third-order valence-electron chi connectivity index (χ3n) is 10.0. The van der Waals surface area contributed by atoms with E-state index in [-0.39, 0.29) is 32.7 Å². The Balaban J connectivity index is 1.67. The van der Waals surface area contributed by atoms with Crippen LogP contribution in [-0.4, -0.2) is 9.13 Å². The van der Waals surface area contributed by atoms with Crippen molar-refractivity contribution in [3.63, 3.8) is 0 Å². The van der Waals surface area contributed by atoms with Crippen LogP contribution in [-0.2, 0) is 30.9 Å². The van der Waals surface area contributed by atoms with Crippen LogP contribution in [0.15, 0.2) is 109 Å². The highest BCUT2D eigenvalue weighted by atomic mass is 19.4. The summed E-state index contributed by atoms with van der Waals surface area (Å²) in [6.45, 7) is 0. The third-order valence-corrected chi connectivity index (χ3v) is 10.0. The van der Waals surface area contributed by atoms with Gasteiger partial charge in [0.1, 0.15) is 0 Å². The standard InChI is InChI=1S/C42H18F15N3/c43-38(44,45)22-4-8-27-28-9-5-23(39(46,47)48)14-32(28)59(31(27)13-22)35-17-26(42(55,56)57)18-36(37(35)21-3-1-2-20(12-21)19-58)60-33-15-24(40(49,50)51)6-10-29(33)30-11-7-25(16-34(30)60)41(52,53)54/h1-18H. The Kier molecular flexibility index (Phi) is 8.82. The molecule has 0 amide bonds. The quantitative estimate of drug-likeness (QED) is 0.163. The number of alkyl halides is 15. The van der Waals surface area contributed by atoms with Gasteiger partial charge in [0.2, 0.25) is 0 Å². The molecule has 0 saturated heterocycles. The molecule has 3 nitrogen and oxygen atoms in total. The van der Waals surface area contributed by atoms with E-state index in [1.165, 1.54) is 18.2 Å². The van der Waals surface area contributed by atoms with Gasteiger partial charge >= 0.3 is 30.9 Å². The maximum atomic E-state index is 15.2. The SMILES string of the molecule is N#Cc1cccc(-c2c(-n3c4cc(C(F)(F)F)ccc4c4ccc(C(F)(F)F)cc43)cc(C(F)(F)F)cc2-n2c3cc(C(F)(F)F)ccc3c3ccc(C(F)(F)F)cc32)c1. The Morgan fingerprint density at radius 2 is 0.683 bits per heavy atom. The molecule has 0 atom stereocenters. The molecule has 0 aliphatic carbocycles.